The summed E-state index contributed by atoms with van der Waals surface area (Å²) < 4.78 is 1.89. The van der Waals surface area contributed by atoms with Crippen molar-refractivity contribution < 1.29 is 0 Å². The molecule has 0 amide bonds. The van der Waals surface area contributed by atoms with Gasteiger partial charge in [-0.1, -0.05) is 6.92 Å². The van der Waals surface area contributed by atoms with E-state index in [4.69, 9.17) is 4.98 Å². The van der Waals surface area contributed by atoms with Gasteiger partial charge in [0.25, 0.3) is 5.56 Å². The lowest BCUT2D eigenvalue weighted by molar-refractivity contribution is 0.376. The largest absolute Gasteiger partial charge is 0.302 e. The van der Waals surface area contributed by atoms with Gasteiger partial charge in [0.05, 0.1) is 11.9 Å². The van der Waals surface area contributed by atoms with E-state index in [0.29, 0.717) is 6.54 Å². The molecule has 0 unspecified atom stereocenters. The highest BCUT2D eigenvalue weighted by atomic mass is 32.1. The highest BCUT2D eigenvalue weighted by molar-refractivity contribution is 7.18. The molecule has 0 N–H and O–H groups in total. The van der Waals surface area contributed by atoms with E-state index in [-0.39, 0.29) is 5.56 Å². The van der Waals surface area contributed by atoms with Crippen molar-refractivity contribution in [1.29, 1.82) is 0 Å². The first-order chi connectivity index (χ1) is 10.1. The molecular weight excluding hydrogens is 282 g/mol. The Labute approximate surface area is 129 Å². The van der Waals surface area contributed by atoms with Gasteiger partial charge in [-0.2, -0.15) is 0 Å². The van der Waals surface area contributed by atoms with E-state index in [2.05, 4.69) is 11.8 Å². The van der Waals surface area contributed by atoms with Gasteiger partial charge in [0.15, 0.2) is 0 Å². The van der Waals surface area contributed by atoms with Crippen LogP contribution in [0.3, 0.4) is 0 Å². The van der Waals surface area contributed by atoms with Crippen LogP contribution in [-0.2, 0) is 25.9 Å². The predicted octanol–water partition coefficient (Wildman–Crippen LogP) is 2.81. The fraction of sp³-hybridized carbons (Fsp3) is 0.625. The van der Waals surface area contributed by atoms with E-state index in [0.717, 1.165) is 41.8 Å². The Balaban J connectivity index is 2.24. The Hall–Kier alpha value is -1.20. The van der Waals surface area contributed by atoms with Crippen molar-refractivity contribution in [2.75, 3.05) is 14.1 Å². The monoisotopic (exact) mass is 305 g/mol. The van der Waals surface area contributed by atoms with E-state index in [1.807, 2.05) is 18.7 Å². The maximum atomic E-state index is 13.0. The van der Waals surface area contributed by atoms with Crippen LogP contribution >= 0.6 is 11.3 Å². The van der Waals surface area contributed by atoms with E-state index in [1.54, 1.807) is 11.3 Å². The minimum Gasteiger partial charge on any atom is -0.302 e. The smallest absolute Gasteiger partial charge is 0.262 e. The van der Waals surface area contributed by atoms with E-state index in [1.165, 1.54) is 23.3 Å². The molecule has 0 fully saturated rings. The van der Waals surface area contributed by atoms with E-state index < -0.39 is 0 Å². The maximum absolute atomic E-state index is 13.0. The summed E-state index contributed by atoms with van der Waals surface area (Å²) in [6.45, 7) is 3.59. The number of aromatic nitrogens is 2. The molecule has 0 saturated carbocycles. The molecule has 0 atom stereocenters. The molecule has 0 saturated heterocycles. The Bertz CT molecular complexity index is 714. The van der Waals surface area contributed by atoms with Crippen LogP contribution in [0, 0.1) is 0 Å². The third kappa shape index (κ3) is 2.64. The average Bonchev–Trinajstić information content (AvgIpc) is 2.80. The first-order valence-corrected chi connectivity index (χ1v) is 8.62. The van der Waals surface area contributed by atoms with E-state index >= 15 is 0 Å². The molecule has 0 radical (unpaired) electrons. The van der Waals surface area contributed by atoms with Gasteiger partial charge in [-0.25, -0.2) is 4.98 Å². The van der Waals surface area contributed by atoms with Crippen LogP contribution in [0.1, 0.15) is 42.5 Å². The van der Waals surface area contributed by atoms with Crippen molar-refractivity contribution in [2.24, 2.45) is 0 Å². The number of rotatable bonds is 4. The van der Waals surface area contributed by atoms with E-state index in [9.17, 15) is 4.79 Å². The summed E-state index contributed by atoms with van der Waals surface area (Å²) in [4.78, 5) is 22.2. The highest BCUT2D eigenvalue weighted by Gasteiger charge is 2.21. The molecule has 0 bridgehead atoms. The van der Waals surface area contributed by atoms with Crippen molar-refractivity contribution in [3.05, 3.63) is 26.6 Å². The summed E-state index contributed by atoms with van der Waals surface area (Å²) in [7, 11) is 4.04. The van der Waals surface area contributed by atoms with Gasteiger partial charge in [0.1, 0.15) is 10.7 Å². The van der Waals surface area contributed by atoms with Crippen LogP contribution in [0.25, 0.3) is 10.2 Å². The molecule has 1 aliphatic rings. The summed E-state index contributed by atoms with van der Waals surface area (Å²) in [5.74, 6) is 0.901. The second-order valence-electron chi connectivity index (χ2n) is 6.11. The van der Waals surface area contributed by atoms with Crippen LogP contribution in [0.2, 0.25) is 0 Å². The quantitative estimate of drug-likeness (QED) is 0.872. The molecule has 1 aliphatic carbocycles. The lowest BCUT2D eigenvalue weighted by Crippen LogP contribution is -2.28. The van der Waals surface area contributed by atoms with Gasteiger partial charge in [0.2, 0.25) is 0 Å². The molecule has 114 valence electrons. The fourth-order valence-electron chi connectivity index (χ4n) is 3.14. The molecule has 0 spiro atoms. The van der Waals surface area contributed by atoms with Crippen LogP contribution in [0.4, 0.5) is 0 Å². The van der Waals surface area contributed by atoms with Gasteiger partial charge in [0, 0.05) is 11.4 Å². The maximum Gasteiger partial charge on any atom is 0.262 e. The third-order valence-corrected chi connectivity index (χ3v) is 5.24. The van der Waals surface area contributed by atoms with Crippen LogP contribution < -0.4 is 5.56 Å². The van der Waals surface area contributed by atoms with Crippen LogP contribution in [0.15, 0.2) is 4.79 Å². The van der Waals surface area contributed by atoms with Crippen molar-refractivity contribution in [2.45, 2.75) is 52.1 Å². The molecule has 5 heteroatoms. The SMILES string of the molecule is CCCn1c(CN(C)C)nc2sc3c(c2c1=O)CCCC3. The Morgan fingerprint density at radius 1 is 1.29 bits per heavy atom. The molecule has 4 nitrogen and oxygen atoms in total. The van der Waals surface area contributed by atoms with Gasteiger partial charge >= 0.3 is 0 Å². The van der Waals surface area contributed by atoms with Gasteiger partial charge < -0.3 is 4.90 Å². The lowest BCUT2D eigenvalue weighted by atomic mass is 9.97. The minimum absolute atomic E-state index is 0.179. The van der Waals surface area contributed by atoms with Gasteiger partial charge in [-0.15, -0.1) is 11.3 Å². The van der Waals surface area contributed by atoms with Crippen LogP contribution in [-0.4, -0.2) is 28.5 Å². The molecule has 2 aromatic rings. The molecule has 0 aliphatic heterocycles. The van der Waals surface area contributed by atoms with Gasteiger partial charge in [-0.3, -0.25) is 9.36 Å². The van der Waals surface area contributed by atoms with Crippen molar-refractivity contribution in [3.8, 4) is 0 Å². The fourth-order valence-corrected chi connectivity index (χ4v) is 4.41. The zero-order valence-electron chi connectivity index (χ0n) is 13.1. The molecule has 0 aromatic carbocycles. The second-order valence-corrected chi connectivity index (χ2v) is 7.20. The molecular formula is C16H23N3OS. The lowest BCUT2D eigenvalue weighted by Gasteiger charge is -2.15. The molecule has 2 aromatic heterocycles. The zero-order valence-corrected chi connectivity index (χ0v) is 13.9. The number of hydrogen-bond acceptors (Lipinski definition) is 4. The highest BCUT2D eigenvalue weighted by Crippen LogP contribution is 2.33. The Morgan fingerprint density at radius 3 is 2.76 bits per heavy atom. The summed E-state index contributed by atoms with van der Waals surface area (Å²) >= 11 is 1.74. The molecule has 2 heterocycles. The summed E-state index contributed by atoms with van der Waals surface area (Å²) in [6.07, 6.45) is 5.57. The first kappa shape index (κ1) is 14.7. The predicted molar refractivity (Wildman–Crippen MR) is 88.2 cm³/mol. The number of fused-ring (bicyclic) bond motifs is 3. The summed E-state index contributed by atoms with van der Waals surface area (Å²) in [6, 6.07) is 0. The Morgan fingerprint density at radius 2 is 2.05 bits per heavy atom. The van der Waals surface area contributed by atoms with Crippen molar-refractivity contribution >= 4 is 21.6 Å². The molecule has 21 heavy (non-hydrogen) atoms. The standard InChI is InChI=1S/C16H23N3OS/c1-4-9-19-13(10-18(2)3)17-15-14(16(19)20)11-7-5-6-8-12(11)21-15/h4-10H2,1-3H3. The normalized spacial score (nSPS) is 14.9. The Kier molecular flexibility index (Phi) is 4.13. The van der Waals surface area contributed by atoms with Gasteiger partial charge in [-0.05, 0) is 51.8 Å². The number of thiophene rings is 1. The molecule has 3 rings (SSSR count). The summed E-state index contributed by atoms with van der Waals surface area (Å²) in [5.41, 5.74) is 1.47. The number of hydrogen-bond donors (Lipinski definition) is 0. The summed E-state index contributed by atoms with van der Waals surface area (Å²) in [5, 5.41) is 0.908. The third-order valence-electron chi connectivity index (χ3n) is 4.06. The first-order valence-electron chi connectivity index (χ1n) is 7.80. The van der Waals surface area contributed by atoms with Crippen LogP contribution in [0.5, 0.6) is 0 Å². The second kappa shape index (κ2) is 5.89. The number of nitrogens with zero attached hydrogens (tertiary/aromatic N) is 3. The van der Waals surface area contributed by atoms with Crippen molar-refractivity contribution in [3.63, 3.8) is 0 Å². The minimum atomic E-state index is 0.179. The topological polar surface area (TPSA) is 38.1 Å². The average molecular weight is 305 g/mol. The van der Waals surface area contributed by atoms with Crippen molar-refractivity contribution in [1.82, 2.24) is 14.5 Å². The zero-order chi connectivity index (χ0) is 15.0. The number of aryl methyl sites for hydroxylation is 2.